The largest absolute Gasteiger partial charge is 0.586 e. The Morgan fingerprint density at radius 3 is 2.88 bits per heavy atom. The number of likely N-dealkylation sites (tertiary alicyclic amines) is 1. The molecular weight excluding hydrogens is 465 g/mol. The predicted molar refractivity (Wildman–Crippen MR) is 123 cm³/mol. The topological polar surface area (TPSA) is 59.5 Å². The van der Waals surface area contributed by atoms with Crippen molar-refractivity contribution < 1.29 is 22.6 Å². The van der Waals surface area contributed by atoms with Crippen LogP contribution in [0.5, 0.6) is 11.5 Å². The second-order valence-corrected chi connectivity index (χ2v) is 9.84. The number of para-hydroxylation sites is 1. The van der Waals surface area contributed by atoms with Gasteiger partial charge in [0.1, 0.15) is 11.6 Å². The fraction of sp³-hybridized carbons (Fsp3) is 0.375. The van der Waals surface area contributed by atoms with Crippen LogP contribution in [-0.2, 0) is 13.0 Å². The first-order chi connectivity index (χ1) is 16.2. The summed E-state index contributed by atoms with van der Waals surface area (Å²) in [5.41, 5.74) is 0.618. The van der Waals surface area contributed by atoms with Crippen LogP contribution in [0.2, 0.25) is 0 Å². The number of ether oxygens (including phenoxy) is 2. The number of benzene rings is 1. The highest BCUT2D eigenvalue weighted by Gasteiger charge is 2.45. The Morgan fingerprint density at radius 1 is 1.26 bits per heavy atom. The molecule has 2 atom stereocenters. The molecular formula is C24H24F3N4O2S. The van der Waals surface area contributed by atoms with Gasteiger partial charge in [-0.25, -0.2) is 14.4 Å². The van der Waals surface area contributed by atoms with Gasteiger partial charge in [0.2, 0.25) is 0 Å². The molecule has 10 heteroatoms. The van der Waals surface area contributed by atoms with Gasteiger partial charge in [-0.15, -0.1) is 20.1 Å². The Labute approximate surface area is 199 Å². The van der Waals surface area contributed by atoms with Crippen LogP contribution in [0.25, 0.3) is 0 Å². The zero-order chi connectivity index (χ0) is 23.9. The van der Waals surface area contributed by atoms with Gasteiger partial charge in [0, 0.05) is 29.7 Å². The van der Waals surface area contributed by atoms with Gasteiger partial charge in [-0.3, -0.25) is 4.90 Å². The quantitative estimate of drug-likeness (QED) is 0.473. The van der Waals surface area contributed by atoms with Gasteiger partial charge in [-0.2, -0.15) is 0 Å². The number of aromatic nitrogens is 2. The molecule has 0 bridgehead atoms. The van der Waals surface area contributed by atoms with Crippen LogP contribution in [0.3, 0.4) is 0 Å². The number of pyridine rings is 1. The molecule has 4 heterocycles. The average Bonchev–Trinajstić information content (AvgIpc) is 3.39. The summed E-state index contributed by atoms with van der Waals surface area (Å²) in [6.45, 7) is 7.63. The summed E-state index contributed by atoms with van der Waals surface area (Å²) in [6.07, 6.45) is -0.138. The van der Waals surface area contributed by atoms with E-state index in [9.17, 15) is 13.2 Å². The number of rotatable bonds is 6. The smallest absolute Gasteiger partial charge is 0.395 e. The van der Waals surface area contributed by atoms with Crippen molar-refractivity contribution in [2.24, 2.45) is 5.41 Å². The molecule has 2 aliphatic heterocycles. The van der Waals surface area contributed by atoms with E-state index in [0.717, 1.165) is 0 Å². The van der Waals surface area contributed by atoms with E-state index in [4.69, 9.17) is 4.74 Å². The van der Waals surface area contributed by atoms with Gasteiger partial charge < -0.3 is 14.8 Å². The van der Waals surface area contributed by atoms with Gasteiger partial charge in [-0.1, -0.05) is 12.1 Å². The van der Waals surface area contributed by atoms with Crippen molar-refractivity contribution in [2.75, 3.05) is 11.9 Å². The van der Waals surface area contributed by atoms with Crippen LogP contribution < -0.4 is 14.8 Å². The van der Waals surface area contributed by atoms with Crippen LogP contribution in [0.1, 0.15) is 31.0 Å². The normalized spacial score (nSPS) is 23.7. The second-order valence-electron chi connectivity index (χ2n) is 8.95. The predicted octanol–water partition coefficient (Wildman–Crippen LogP) is 5.79. The lowest BCUT2D eigenvalue weighted by molar-refractivity contribution is -0.287. The Kier molecular flexibility index (Phi) is 5.89. The number of hydrogen-bond acceptors (Lipinski definition) is 7. The highest BCUT2D eigenvalue weighted by Crippen LogP contribution is 2.45. The molecule has 2 unspecified atom stereocenters. The fourth-order valence-electron chi connectivity index (χ4n) is 4.65. The summed E-state index contributed by atoms with van der Waals surface area (Å²) in [4.78, 5) is 10.8. The van der Waals surface area contributed by atoms with Crippen LogP contribution in [0, 0.1) is 18.2 Å². The number of halogens is 3. The number of piperidine rings is 1. The van der Waals surface area contributed by atoms with E-state index in [1.165, 1.54) is 23.5 Å². The summed E-state index contributed by atoms with van der Waals surface area (Å²) in [5, 5.41) is 5.64. The molecule has 0 saturated carbocycles. The highest BCUT2D eigenvalue weighted by atomic mass is 32.1. The first-order valence-corrected chi connectivity index (χ1v) is 11.9. The standard InChI is InChI=1S/C24H24F3N4O2S/c1-15-12-23(2,13-18-17(25)6-7-20(29-18)30-22-28-9-11-34-22)8-10-31(15)14-16-4-3-5-19-21(16)33-24(26,27)32-19/h3-7,9,11,15H,2,8,10,12-14H2,1H3,(H,28,29,30). The number of thiazole rings is 1. The van der Waals surface area contributed by atoms with E-state index in [0.29, 0.717) is 54.6 Å². The molecule has 179 valence electrons. The number of nitrogens with zero attached hydrogens (tertiary/aromatic N) is 3. The molecule has 0 amide bonds. The summed E-state index contributed by atoms with van der Waals surface area (Å²) in [6, 6.07) is 8.02. The molecule has 0 spiro atoms. The van der Waals surface area contributed by atoms with Crippen molar-refractivity contribution >= 4 is 22.3 Å². The van der Waals surface area contributed by atoms with E-state index in [1.807, 2.05) is 5.38 Å². The summed E-state index contributed by atoms with van der Waals surface area (Å²) >= 11 is 1.44. The molecule has 1 radical (unpaired) electrons. The lowest BCUT2D eigenvalue weighted by atomic mass is 9.74. The molecule has 2 aromatic heterocycles. The maximum Gasteiger partial charge on any atom is 0.586 e. The zero-order valence-electron chi connectivity index (χ0n) is 18.6. The molecule has 1 saturated heterocycles. The minimum Gasteiger partial charge on any atom is -0.395 e. The maximum absolute atomic E-state index is 14.6. The van der Waals surface area contributed by atoms with Crippen LogP contribution in [0.4, 0.5) is 24.1 Å². The molecule has 2 aliphatic rings. The Bertz CT molecular complexity index is 1180. The number of alkyl halides is 2. The molecule has 6 nitrogen and oxygen atoms in total. The van der Waals surface area contributed by atoms with Gasteiger partial charge >= 0.3 is 6.29 Å². The van der Waals surface area contributed by atoms with Gasteiger partial charge in [0.05, 0.1) is 5.69 Å². The third-order valence-electron chi connectivity index (χ3n) is 6.29. The summed E-state index contributed by atoms with van der Waals surface area (Å²) < 4.78 is 51.0. The molecule has 0 aliphatic carbocycles. The monoisotopic (exact) mass is 489 g/mol. The molecule has 5 rings (SSSR count). The maximum atomic E-state index is 14.6. The Balaban J connectivity index is 1.26. The minimum absolute atomic E-state index is 0.0476. The first-order valence-electron chi connectivity index (χ1n) is 11.0. The molecule has 1 fully saturated rings. The third-order valence-corrected chi connectivity index (χ3v) is 6.98. The lowest BCUT2D eigenvalue weighted by Gasteiger charge is -2.44. The number of anilines is 2. The van der Waals surface area contributed by atoms with Gasteiger partial charge in [0.15, 0.2) is 16.6 Å². The molecule has 3 aromatic rings. The third kappa shape index (κ3) is 4.83. The van der Waals surface area contributed by atoms with E-state index in [-0.39, 0.29) is 23.4 Å². The van der Waals surface area contributed by atoms with Crippen molar-refractivity contribution in [3.05, 3.63) is 65.9 Å². The van der Waals surface area contributed by atoms with Crippen LogP contribution >= 0.6 is 11.3 Å². The van der Waals surface area contributed by atoms with Gasteiger partial charge in [-0.05, 0) is 63.3 Å². The van der Waals surface area contributed by atoms with Crippen molar-refractivity contribution in [2.45, 2.75) is 45.1 Å². The lowest BCUT2D eigenvalue weighted by Crippen LogP contribution is -2.45. The van der Waals surface area contributed by atoms with Crippen molar-refractivity contribution in [1.82, 2.24) is 14.9 Å². The number of fused-ring (bicyclic) bond motifs is 1. The van der Waals surface area contributed by atoms with E-state index < -0.39 is 11.7 Å². The SMILES string of the molecule is [CH2]C1(Cc2nc(Nc3nccs3)ccc2F)CCN(Cc2cccc3c2OC(F)(F)O3)C(C)C1. The van der Waals surface area contributed by atoms with Crippen molar-refractivity contribution in [3.63, 3.8) is 0 Å². The van der Waals surface area contributed by atoms with E-state index in [1.54, 1.807) is 24.4 Å². The minimum atomic E-state index is -3.64. The van der Waals surface area contributed by atoms with Crippen LogP contribution in [-0.4, -0.2) is 33.7 Å². The zero-order valence-corrected chi connectivity index (χ0v) is 19.4. The highest BCUT2D eigenvalue weighted by molar-refractivity contribution is 7.13. The Hall–Kier alpha value is -2.85. The second kappa shape index (κ2) is 8.74. The molecule has 1 N–H and O–H groups in total. The van der Waals surface area contributed by atoms with E-state index >= 15 is 0 Å². The summed E-state index contributed by atoms with van der Waals surface area (Å²) in [5.74, 6) is 0.312. The van der Waals surface area contributed by atoms with Crippen LogP contribution in [0.15, 0.2) is 41.9 Å². The van der Waals surface area contributed by atoms with Crippen molar-refractivity contribution in [3.8, 4) is 11.5 Å². The molecule has 34 heavy (non-hydrogen) atoms. The molecule has 1 aromatic carbocycles. The average molecular weight is 490 g/mol. The van der Waals surface area contributed by atoms with Crippen molar-refractivity contribution in [1.29, 1.82) is 0 Å². The fourth-order valence-corrected chi connectivity index (χ4v) is 5.19. The number of hydrogen-bond donors (Lipinski definition) is 1. The first kappa shape index (κ1) is 22.9. The van der Waals surface area contributed by atoms with Gasteiger partial charge in [0.25, 0.3) is 0 Å². The van der Waals surface area contributed by atoms with E-state index in [2.05, 4.69) is 38.8 Å². The Morgan fingerprint density at radius 2 is 2.12 bits per heavy atom. The number of nitrogens with one attached hydrogen (secondary N) is 1. The summed E-state index contributed by atoms with van der Waals surface area (Å²) in [7, 11) is 0.